The second-order valence-corrected chi connectivity index (χ2v) is 16.0. The molecule has 8 aliphatic carbocycles. The lowest BCUT2D eigenvalue weighted by atomic mass is 9.62. The van der Waals surface area contributed by atoms with E-state index in [2.05, 4.69) is 129 Å². The first-order valence-corrected chi connectivity index (χ1v) is 19.5. The van der Waals surface area contributed by atoms with Crippen LogP contribution in [0.2, 0.25) is 0 Å². The molecule has 5 atom stereocenters. The first-order valence-electron chi connectivity index (χ1n) is 19.5. The van der Waals surface area contributed by atoms with Crippen LogP contribution >= 0.6 is 0 Å². The van der Waals surface area contributed by atoms with Gasteiger partial charge in [0.05, 0.1) is 0 Å². The Bertz CT molecular complexity index is 2170. The lowest BCUT2D eigenvalue weighted by Gasteiger charge is -2.42. The molecule has 0 bridgehead atoms. The van der Waals surface area contributed by atoms with Crippen LogP contribution in [0, 0.1) is 24.7 Å². The molecule has 0 N–H and O–H groups in total. The normalized spacial score (nSPS) is 28.8. The van der Waals surface area contributed by atoms with Crippen molar-refractivity contribution in [1.82, 2.24) is 0 Å². The van der Waals surface area contributed by atoms with Crippen molar-refractivity contribution < 1.29 is 0 Å². The first kappa shape index (κ1) is 30.4. The lowest BCUT2D eigenvalue weighted by molar-refractivity contribution is 0.546. The van der Waals surface area contributed by atoms with Gasteiger partial charge in [-0.3, -0.25) is 0 Å². The van der Waals surface area contributed by atoms with E-state index in [-0.39, 0.29) is 0 Å². The molecule has 8 aliphatic rings. The minimum Gasteiger partial charge on any atom is -0.0842 e. The molecule has 0 heteroatoms. The van der Waals surface area contributed by atoms with Crippen molar-refractivity contribution in [2.45, 2.75) is 83.5 Å². The van der Waals surface area contributed by atoms with Crippen molar-refractivity contribution in [3.05, 3.63) is 182 Å². The van der Waals surface area contributed by atoms with E-state index in [4.69, 9.17) is 0 Å². The molecular formula is C50H48. The quantitative estimate of drug-likeness (QED) is 0.311. The van der Waals surface area contributed by atoms with Gasteiger partial charge in [0.25, 0.3) is 0 Å². The molecule has 2 aromatic carbocycles. The highest BCUT2D eigenvalue weighted by molar-refractivity contribution is 5.85. The van der Waals surface area contributed by atoms with Gasteiger partial charge in [0.2, 0.25) is 0 Å². The van der Waals surface area contributed by atoms with Gasteiger partial charge in [0.15, 0.2) is 0 Å². The summed E-state index contributed by atoms with van der Waals surface area (Å²) in [5, 5.41) is 0. The van der Waals surface area contributed by atoms with Crippen molar-refractivity contribution in [3.8, 4) is 0 Å². The molecule has 10 rings (SSSR count). The molecule has 0 spiro atoms. The Morgan fingerprint density at radius 3 is 2.48 bits per heavy atom. The van der Waals surface area contributed by atoms with Gasteiger partial charge in [-0.1, -0.05) is 121 Å². The fraction of sp³-hybridized carbons (Fsp3) is 0.320. The van der Waals surface area contributed by atoms with Gasteiger partial charge in [-0.05, 0) is 156 Å². The van der Waals surface area contributed by atoms with E-state index >= 15 is 0 Å². The maximum atomic E-state index is 2.65. The van der Waals surface area contributed by atoms with Gasteiger partial charge in [0, 0.05) is 23.7 Å². The smallest absolute Gasteiger partial charge is 0.0141 e. The highest BCUT2D eigenvalue weighted by Gasteiger charge is 2.40. The summed E-state index contributed by atoms with van der Waals surface area (Å²) in [6, 6.07) is 12.5. The van der Waals surface area contributed by atoms with Crippen molar-refractivity contribution in [3.63, 3.8) is 0 Å². The molecule has 0 radical (unpaired) electrons. The van der Waals surface area contributed by atoms with Crippen LogP contribution in [0.5, 0.6) is 0 Å². The summed E-state index contributed by atoms with van der Waals surface area (Å²) in [4.78, 5) is 0. The molecular weight excluding hydrogens is 601 g/mol. The molecule has 0 saturated carbocycles. The van der Waals surface area contributed by atoms with E-state index in [9.17, 15) is 0 Å². The summed E-state index contributed by atoms with van der Waals surface area (Å²) < 4.78 is 0. The summed E-state index contributed by atoms with van der Waals surface area (Å²) >= 11 is 0. The molecule has 0 amide bonds. The second kappa shape index (κ2) is 12.1. The van der Waals surface area contributed by atoms with Crippen LogP contribution in [0.25, 0.3) is 17.2 Å². The fourth-order valence-electron chi connectivity index (χ4n) is 11.0. The molecule has 0 nitrogen and oxygen atoms in total. The van der Waals surface area contributed by atoms with Crippen LogP contribution in [0.1, 0.15) is 109 Å². The van der Waals surface area contributed by atoms with Gasteiger partial charge in [-0.25, -0.2) is 0 Å². The third kappa shape index (κ3) is 4.78. The van der Waals surface area contributed by atoms with Gasteiger partial charge in [-0.2, -0.15) is 0 Å². The van der Waals surface area contributed by atoms with Crippen LogP contribution in [0.15, 0.2) is 143 Å². The minimum absolute atomic E-state index is 0.378. The number of hydrogen-bond acceptors (Lipinski definition) is 0. The molecule has 0 aliphatic heterocycles. The zero-order valence-corrected chi connectivity index (χ0v) is 29.7. The summed E-state index contributed by atoms with van der Waals surface area (Å²) in [6.07, 6.45) is 44.2. The second-order valence-electron chi connectivity index (χ2n) is 16.0. The van der Waals surface area contributed by atoms with E-state index in [1.54, 1.807) is 44.6 Å². The molecule has 0 saturated heterocycles. The van der Waals surface area contributed by atoms with Gasteiger partial charge < -0.3 is 0 Å². The predicted octanol–water partition coefficient (Wildman–Crippen LogP) is 13.0. The van der Waals surface area contributed by atoms with E-state index in [1.807, 2.05) is 0 Å². The van der Waals surface area contributed by atoms with Crippen molar-refractivity contribution in [2.75, 3.05) is 0 Å². The maximum Gasteiger partial charge on any atom is 0.0141 e. The van der Waals surface area contributed by atoms with Crippen LogP contribution in [-0.2, 0) is 6.42 Å². The highest BCUT2D eigenvalue weighted by Crippen LogP contribution is 2.58. The average Bonchev–Trinajstić information content (AvgIpc) is 3.17. The maximum absolute atomic E-state index is 2.65. The Hall–Kier alpha value is -4.42. The van der Waals surface area contributed by atoms with Crippen LogP contribution in [-0.4, -0.2) is 0 Å². The van der Waals surface area contributed by atoms with Crippen molar-refractivity contribution in [2.24, 2.45) is 17.8 Å². The van der Waals surface area contributed by atoms with Crippen LogP contribution < -0.4 is 0 Å². The van der Waals surface area contributed by atoms with Crippen LogP contribution in [0.4, 0.5) is 0 Å². The summed E-state index contributed by atoms with van der Waals surface area (Å²) in [6.45, 7) is 4.77. The number of fused-ring (bicyclic) bond motifs is 6. The molecule has 248 valence electrons. The first-order chi connectivity index (χ1) is 24.6. The molecule has 5 unspecified atom stereocenters. The molecule has 0 aromatic heterocycles. The summed E-state index contributed by atoms with van der Waals surface area (Å²) in [5.41, 5.74) is 23.4. The lowest BCUT2D eigenvalue weighted by Crippen LogP contribution is -2.25. The number of hydrogen-bond donors (Lipinski definition) is 0. The van der Waals surface area contributed by atoms with Crippen LogP contribution in [0.3, 0.4) is 0 Å². The molecule has 0 fully saturated rings. The van der Waals surface area contributed by atoms with E-state index in [1.165, 1.54) is 58.2 Å². The van der Waals surface area contributed by atoms with Crippen molar-refractivity contribution >= 4 is 17.2 Å². The molecule has 50 heavy (non-hydrogen) atoms. The number of benzene rings is 2. The Kier molecular flexibility index (Phi) is 7.37. The Morgan fingerprint density at radius 2 is 1.52 bits per heavy atom. The average molecular weight is 649 g/mol. The highest BCUT2D eigenvalue weighted by atomic mass is 14.4. The largest absolute Gasteiger partial charge is 0.0842 e. The van der Waals surface area contributed by atoms with Crippen molar-refractivity contribution in [1.29, 1.82) is 0 Å². The predicted molar refractivity (Wildman–Crippen MR) is 212 cm³/mol. The molecule has 0 heterocycles. The van der Waals surface area contributed by atoms with Gasteiger partial charge >= 0.3 is 0 Å². The van der Waals surface area contributed by atoms with E-state index in [0.717, 1.165) is 38.5 Å². The monoisotopic (exact) mass is 648 g/mol. The topological polar surface area (TPSA) is 0 Å². The minimum atomic E-state index is 0.378. The Labute approximate surface area is 299 Å². The van der Waals surface area contributed by atoms with Gasteiger partial charge in [0.1, 0.15) is 0 Å². The van der Waals surface area contributed by atoms with Gasteiger partial charge in [-0.15, -0.1) is 0 Å². The standard InChI is InChI=1S/C50H48/c1-31-22-24-34-13-4-7-17-39(34)49(31)47-29-46-43-27-26-36(38-21-11-15-33-12-3-6-16-37(33)38)28-44(43)48(30-45(46)41-19-9-10-20-42(41)47)50-32(2)23-25-35-14-5-8-18-40(35)50/h3,6-8,10-12,15-18,20-24,26-28,33,35,37,47-48H,4-5,9,13-14,19,25,29-30H2,1-2H3. The number of rotatable bonds is 3. The Balaban J connectivity index is 1.17. The SMILES string of the molecule is CC1=CCC2CCC=CC2=C1C1CC2=C(CC(c3c(C)ccc4c3C=CCC4)C3=C2CCC=C3)c2ccc(C3=CC=CC4C=CC=CC34)cc21. The fourth-order valence-corrected chi connectivity index (χ4v) is 11.0. The third-order valence-electron chi connectivity index (χ3n) is 13.4. The zero-order valence-electron chi connectivity index (χ0n) is 29.7. The summed E-state index contributed by atoms with van der Waals surface area (Å²) in [7, 11) is 0. The third-order valence-corrected chi connectivity index (χ3v) is 13.4. The Morgan fingerprint density at radius 1 is 0.700 bits per heavy atom. The molecule has 2 aromatic rings. The zero-order chi connectivity index (χ0) is 33.3. The van der Waals surface area contributed by atoms with E-state index < -0.39 is 0 Å². The summed E-state index contributed by atoms with van der Waals surface area (Å²) in [5.74, 6) is 2.29. The number of allylic oxidation sites excluding steroid dienone is 21. The number of aryl methyl sites for hydroxylation is 2. The van der Waals surface area contributed by atoms with E-state index in [0.29, 0.717) is 29.6 Å².